The highest BCUT2D eigenvalue weighted by Crippen LogP contribution is 2.31. The summed E-state index contributed by atoms with van der Waals surface area (Å²) in [7, 11) is 0. The van der Waals surface area contributed by atoms with E-state index in [0.717, 1.165) is 0 Å². The van der Waals surface area contributed by atoms with Gasteiger partial charge < -0.3 is 5.32 Å². The molecule has 27 heavy (non-hydrogen) atoms. The number of halogens is 5. The van der Waals surface area contributed by atoms with Gasteiger partial charge in [0.15, 0.2) is 0 Å². The van der Waals surface area contributed by atoms with Crippen LogP contribution in [0, 0.1) is 18.6 Å². The van der Waals surface area contributed by atoms with E-state index >= 15 is 0 Å². The Labute approximate surface area is 150 Å². The number of nitrogens with zero attached hydrogens (tertiary/aromatic N) is 2. The molecule has 4 nitrogen and oxygen atoms in total. The highest BCUT2D eigenvalue weighted by atomic mass is 19.4. The van der Waals surface area contributed by atoms with Crippen molar-refractivity contribution < 1.29 is 26.7 Å². The summed E-state index contributed by atoms with van der Waals surface area (Å²) in [5.41, 5.74) is -1.53. The van der Waals surface area contributed by atoms with Gasteiger partial charge in [-0.3, -0.25) is 4.79 Å². The quantitative estimate of drug-likeness (QED) is 0.667. The maximum atomic E-state index is 14.0. The van der Waals surface area contributed by atoms with E-state index in [0.29, 0.717) is 11.4 Å². The minimum atomic E-state index is -4.93. The van der Waals surface area contributed by atoms with Crippen LogP contribution >= 0.6 is 0 Å². The van der Waals surface area contributed by atoms with Crippen LogP contribution in [0.3, 0.4) is 0 Å². The number of nitrogens with one attached hydrogen (secondary N) is 1. The molecule has 0 aliphatic heterocycles. The third-order valence-corrected chi connectivity index (χ3v) is 3.67. The van der Waals surface area contributed by atoms with Crippen molar-refractivity contribution in [2.45, 2.75) is 13.1 Å². The smallest absolute Gasteiger partial charge is 0.306 e. The van der Waals surface area contributed by atoms with Crippen LogP contribution in [0.15, 0.2) is 48.5 Å². The second kappa shape index (κ2) is 6.82. The van der Waals surface area contributed by atoms with Gasteiger partial charge in [-0.2, -0.15) is 18.3 Å². The summed E-state index contributed by atoms with van der Waals surface area (Å²) in [5, 5.41) is 6.47. The number of aromatic nitrogens is 2. The normalized spacial score (nSPS) is 11.5. The Kier molecular flexibility index (Phi) is 4.69. The summed E-state index contributed by atoms with van der Waals surface area (Å²) < 4.78 is 67.2. The van der Waals surface area contributed by atoms with E-state index in [2.05, 4.69) is 10.4 Å². The van der Waals surface area contributed by atoms with Gasteiger partial charge in [0.25, 0.3) is 5.91 Å². The number of hydrogen-bond donors (Lipinski definition) is 1. The molecule has 3 aromatic rings. The minimum absolute atomic E-state index is 0.0811. The lowest BCUT2D eigenvalue weighted by Crippen LogP contribution is -2.19. The van der Waals surface area contributed by atoms with Crippen LogP contribution in [0.1, 0.15) is 21.6 Å². The lowest BCUT2D eigenvalue weighted by molar-refractivity contribution is -0.138. The van der Waals surface area contributed by atoms with Crippen LogP contribution in [-0.4, -0.2) is 15.7 Å². The molecular weight excluding hydrogens is 369 g/mol. The Bertz CT molecular complexity index is 973. The van der Waals surface area contributed by atoms with Crippen molar-refractivity contribution in [3.8, 4) is 5.69 Å². The van der Waals surface area contributed by atoms with Crippen LogP contribution in [0.5, 0.6) is 0 Å². The summed E-state index contributed by atoms with van der Waals surface area (Å²) in [4.78, 5) is 12.3. The number of rotatable bonds is 3. The van der Waals surface area contributed by atoms with Crippen molar-refractivity contribution in [2.75, 3.05) is 5.32 Å². The lowest BCUT2D eigenvalue weighted by atomic mass is 10.1. The Balaban J connectivity index is 1.96. The summed E-state index contributed by atoms with van der Waals surface area (Å²) in [6.07, 6.45) is -4.93. The standard InChI is InChI=1S/C18H12F5N3O/c1-10-7-15(26(25-10)12-5-3-2-4-6-12)24-17(27)16-13(19)8-11(9-14(16)20)18(21,22)23/h2-9H,1H3,(H,24,27). The molecule has 0 bridgehead atoms. The zero-order chi connectivity index (χ0) is 19.8. The highest BCUT2D eigenvalue weighted by molar-refractivity contribution is 6.04. The third kappa shape index (κ3) is 3.81. The van der Waals surface area contributed by atoms with E-state index < -0.39 is 34.8 Å². The van der Waals surface area contributed by atoms with Gasteiger partial charge in [-0.25, -0.2) is 13.5 Å². The fraction of sp³-hybridized carbons (Fsp3) is 0.111. The Morgan fingerprint density at radius 1 is 1.04 bits per heavy atom. The zero-order valence-corrected chi connectivity index (χ0v) is 13.8. The van der Waals surface area contributed by atoms with E-state index in [4.69, 9.17) is 0 Å². The molecule has 1 amide bonds. The average molecular weight is 381 g/mol. The summed E-state index contributed by atoms with van der Waals surface area (Å²) in [6, 6.07) is 10.2. The first-order valence-electron chi connectivity index (χ1n) is 7.66. The van der Waals surface area contributed by atoms with Crippen LogP contribution in [0.4, 0.5) is 27.8 Å². The molecule has 1 N–H and O–H groups in total. The summed E-state index contributed by atoms with van der Waals surface area (Å²) >= 11 is 0. The molecule has 3 rings (SSSR count). The van der Waals surface area contributed by atoms with Gasteiger partial charge in [0.2, 0.25) is 0 Å². The molecule has 0 aliphatic rings. The highest BCUT2D eigenvalue weighted by Gasteiger charge is 2.33. The van der Waals surface area contributed by atoms with Gasteiger partial charge in [0.05, 0.1) is 16.9 Å². The van der Waals surface area contributed by atoms with E-state index in [-0.39, 0.29) is 18.0 Å². The van der Waals surface area contributed by atoms with Gasteiger partial charge in [-0.15, -0.1) is 0 Å². The van der Waals surface area contributed by atoms with E-state index in [9.17, 15) is 26.7 Å². The van der Waals surface area contributed by atoms with Crippen LogP contribution in [-0.2, 0) is 6.18 Å². The molecule has 140 valence electrons. The SMILES string of the molecule is Cc1cc(NC(=O)c2c(F)cc(C(F)(F)F)cc2F)n(-c2ccccc2)n1. The summed E-state index contributed by atoms with van der Waals surface area (Å²) in [6.45, 7) is 1.65. The predicted octanol–water partition coefficient (Wildman–Crippen LogP) is 4.73. The zero-order valence-electron chi connectivity index (χ0n) is 13.8. The maximum Gasteiger partial charge on any atom is 0.416 e. The fourth-order valence-corrected chi connectivity index (χ4v) is 2.49. The number of benzene rings is 2. The van der Waals surface area contributed by atoms with E-state index in [1.165, 1.54) is 10.7 Å². The van der Waals surface area contributed by atoms with E-state index in [1.54, 1.807) is 37.3 Å². The molecule has 0 unspecified atom stereocenters. The number of carbonyl (C=O) groups excluding carboxylic acids is 1. The molecule has 0 fully saturated rings. The topological polar surface area (TPSA) is 46.9 Å². The molecule has 2 aromatic carbocycles. The molecule has 0 saturated carbocycles. The van der Waals surface area contributed by atoms with Crippen molar-refractivity contribution in [3.63, 3.8) is 0 Å². The molecular formula is C18H12F5N3O. The number of hydrogen-bond acceptors (Lipinski definition) is 2. The molecule has 0 saturated heterocycles. The first-order valence-corrected chi connectivity index (χ1v) is 7.66. The molecule has 0 atom stereocenters. The first-order chi connectivity index (χ1) is 12.7. The first kappa shape index (κ1) is 18.6. The lowest BCUT2D eigenvalue weighted by Gasteiger charge is -2.12. The molecule has 9 heteroatoms. The van der Waals surface area contributed by atoms with Crippen molar-refractivity contribution >= 4 is 11.7 Å². The van der Waals surface area contributed by atoms with E-state index in [1.807, 2.05) is 0 Å². The molecule has 0 spiro atoms. The third-order valence-electron chi connectivity index (χ3n) is 3.67. The number of alkyl halides is 3. The summed E-state index contributed by atoms with van der Waals surface area (Å²) in [5.74, 6) is -4.33. The molecule has 0 aliphatic carbocycles. The Morgan fingerprint density at radius 2 is 1.63 bits per heavy atom. The maximum absolute atomic E-state index is 14.0. The number of aryl methyl sites for hydroxylation is 1. The minimum Gasteiger partial charge on any atom is -0.306 e. The average Bonchev–Trinajstić information content (AvgIpc) is 2.94. The van der Waals surface area contributed by atoms with Crippen LogP contribution < -0.4 is 5.32 Å². The van der Waals surface area contributed by atoms with Crippen LogP contribution in [0.25, 0.3) is 5.69 Å². The number of amides is 1. The number of carbonyl (C=O) groups is 1. The fourth-order valence-electron chi connectivity index (χ4n) is 2.49. The monoisotopic (exact) mass is 381 g/mol. The van der Waals surface area contributed by atoms with Crippen LogP contribution in [0.2, 0.25) is 0 Å². The second-order valence-electron chi connectivity index (χ2n) is 5.69. The number of anilines is 1. The van der Waals surface area contributed by atoms with Crippen molar-refractivity contribution in [3.05, 3.63) is 77.0 Å². The number of para-hydroxylation sites is 1. The van der Waals surface area contributed by atoms with Gasteiger partial charge >= 0.3 is 6.18 Å². The molecule has 1 aromatic heterocycles. The largest absolute Gasteiger partial charge is 0.416 e. The van der Waals surface area contributed by atoms with Crippen molar-refractivity contribution in [1.82, 2.24) is 9.78 Å². The van der Waals surface area contributed by atoms with Gasteiger partial charge in [-0.05, 0) is 31.2 Å². The Hall–Kier alpha value is -3.23. The second-order valence-corrected chi connectivity index (χ2v) is 5.69. The van der Waals surface area contributed by atoms with Gasteiger partial charge in [0, 0.05) is 6.07 Å². The van der Waals surface area contributed by atoms with Crippen molar-refractivity contribution in [2.24, 2.45) is 0 Å². The van der Waals surface area contributed by atoms with Gasteiger partial charge in [0.1, 0.15) is 23.0 Å². The van der Waals surface area contributed by atoms with Gasteiger partial charge in [-0.1, -0.05) is 18.2 Å². The van der Waals surface area contributed by atoms with Crippen molar-refractivity contribution in [1.29, 1.82) is 0 Å². The Morgan fingerprint density at radius 3 is 2.19 bits per heavy atom. The molecule has 1 heterocycles. The predicted molar refractivity (Wildman–Crippen MR) is 87.6 cm³/mol. The molecule has 0 radical (unpaired) electrons.